The van der Waals surface area contributed by atoms with Crippen molar-refractivity contribution in [2.45, 2.75) is 44.1 Å². The molecular formula is C18H27N3O3. The second-order valence-electron chi connectivity index (χ2n) is 6.77. The van der Waals surface area contributed by atoms with Gasteiger partial charge in [0.25, 0.3) is 0 Å². The number of hydrogen-bond donors (Lipinski definition) is 1. The Bertz CT molecular complexity index is 558. The lowest BCUT2D eigenvalue weighted by molar-refractivity contribution is 0.131. The average molecular weight is 333 g/mol. The molecule has 1 atom stereocenters. The molecule has 1 amide bonds. The fraction of sp³-hybridized carbons (Fsp3) is 0.667. The first-order chi connectivity index (χ1) is 11.7. The summed E-state index contributed by atoms with van der Waals surface area (Å²) in [5.41, 5.74) is 1.22. The van der Waals surface area contributed by atoms with Gasteiger partial charge in [-0.05, 0) is 57.2 Å². The highest BCUT2D eigenvalue weighted by Crippen LogP contribution is 2.34. The summed E-state index contributed by atoms with van der Waals surface area (Å²) in [6.45, 7) is 3.48. The Kier molecular flexibility index (Phi) is 5.56. The molecule has 2 saturated heterocycles. The fourth-order valence-corrected chi connectivity index (χ4v) is 4.10. The van der Waals surface area contributed by atoms with Crippen molar-refractivity contribution >= 4 is 6.09 Å². The van der Waals surface area contributed by atoms with Crippen molar-refractivity contribution in [2.75, 3.05) is 33.3 Å². The van der Waals surface area contributed by atoms with Gasteiger partial charge in [-0.1, -0.05) is 6.07 Å². The van der Waals surface area contributed by atoms with Gasteiger partial charge in [-0.15, -0.1) is 0 Å². The number of likely N-dealkylation sites (tertiary alicyclic amines) is 2. The Morgan fingerprint density at radius 2 is 2.00 bits per heavy atom. The minimum absolute atomic E-state index is 0.506. The summed E-state index contributed by atoms with van der Waals surface area (Å²) in [4.78, 5) is 19.6. The molecule has 132 valence electrons. The van der Waals surface area contributed by atoms with E-state index in [1.165, 1.54) is 5.56 Å². The Morgan fingerprint density at radius 1 is 1.21 bits per heavy atom. The van der Waals surface area contributed by atoms with E-state index >= 15 is 0 Å². The van der Waals surface area contributed by atoms with Crippen molar-refractivity contribution in [2.24, 2.45) is 0 Å². The minimum atomic E-state index is -0.780. The average Bonchev–Trinajstić information content (AvgIpc) is 2.88. The number of pyridine rings is 1. The number of carboxylic acid groups (broad SMARTS) is 1. The van der Waals surface area contributed by atoms with E-state index in [4.69, 9.17) is 9.84 Å². The third-order valence-electron chi connectivity index (χ3n) is 5.45. The summed E-state index contributed by atoms with van der Waals surface area (Å²) in [6, 6.07) is 4.63. The highest BCUT2D eigenvalue weighted by molar-refractivity contribution is 5.64. The van der Waals surface area contributed by atoms with Crippen LogP contribution >= 0.6 is 0 Å². The second-order valence-corrected chi connectivity index (χ2v) is 6.77. The highest BCUT2D eigenvalue weighted by atomic mass is 16.5. The molecular weight excluding hydrogens is 306 g/mol. The lowest BCUT2D eigenvalue weighted by Crippen LogP contribution is -2.41. The molecule has 6 heteroatoms. The lowest BCUT2D eigenvalue weighted by atomic mass is 9.89. The van der Waals surface area contributed by atoms with Gasteiger partial charge in [-0.2, -0.15) is 0 Å². The molecule has 3 rings (SSSR count). The second kappa shape index (κ2) is 7.83. The highest BCUT2D eigenvalue weighted by Gasteiger charge is 2.29. The molecule has 0 bridgehead atoms. The van der Waals surface area contributed by atoms with Crippen LogP contribution in [0.4, 0.5) is 4.79 Å². The number of hydrogen-bond acceptors (Lipinski definition) is 4. The Balaban J connectivity index is 1.56. The Morgan fingerprint density at radius 3 is 2.71 bits per heavy atom. The monoisotopic (exact) mass is 333 g/mol. The molecule has 1 aromatic heterocycles. The van der Waals surface area contributed by atoms with Crippen LogP contribution in [0.5, 0.6) is 5.88 Å². The largest absolute Gasteiger partial charge is 0.481 e. The third-order valence-corrected chi connectivity index (χ3v) is 5.45. The first-order valence-electron chi connectivity index (χ1n) is 8.90. The maximum atomic E-state index is 11.1. The van der Waals surface area contributed by atoms with Crippen molar-refractivity contribution in [3.63, 3.8) is 0 Å². The molecule has 24 heavy (non-hydrogen) atoms. The van der Waals surface area contributed by atoms with Crippen molar-refractivity contribution < 1.29 is 14.6 Å². The standard InChI is InChI=1S/C18H27N3O3/c1-24-17-16(5-2-9-19-17)14-6-11-20(12-7-14)15-4-3-10-21(13-8-15)18(22)23/h2,5,9,14-15H,3-4,6-8,10-13H2,1H3,(H,22,23)/t15-/m0/s1. The van der Waals surface area contributed by atoms with E-state index in [-0.39, 0.29) is 0 Å². The van der Waals surface area contributed by atoms with Crippen LogP contribution < -0.4 is 4.74 Å². The zero-order valence-electron chi connectivity index (χ0n) is 14.4. The quantitative estimate of drug-likeness (QED) is 0.921. The van der Waals surface area contributed by atoms with Crippen LogP contribution in [0.2, 0.25) is 0 Å². The van der Waals surface area contributed by atoms with Gasteiger partial charge < -0.3 is 19.6 Å². The van der Waals surface area contributed by atoms with Crippen LogP contribution in [0.1, 0.15) is 43.6 Å². The summed E-state index contributed by atoms with van der Waals surface area (Å²) in [6.07, 6.45) is 6.24. The van der Waals surface area contributed by atoms with Crippen LogP contribution in [0.15, 0.2) is 18.3 Å². The summed E-state index contributed by atoms with van der Waals surface area (Å²) in [5, 5.41) is 9.16. The number of nitrogens with zero attached hydrogens (tertiary/aromatic N) is 3. The Hall–Kier alpha value is -1.82. The molecule has 3 heterocycles. The van der Waals surface area contributed by atoms with Crippen LogP contribution in [0, 0.1) is 0 Å². The summed E-state index contributed by atoms with van der Waals surface area (Å²) >= 11 is 0. The van der Waals surface area contributed by atoms with Crippen LogP contribution in [-0.2, 0) is 0 Å². The number of piperidine rings is 1. The molecule has 0 radical (unpaired) electrons. The molecule has 6 nitrogen and oxygen atoms in total. The topological polar surface area (TPSA) is 65.9 Å². The smallest absolute Gasteiger partial charge is 0.407 e. The van der Waals surface area contributed by atoms with E-state index in [1.54, 1.807) is 18.2 Å². The molecule has 0 aromatic carbocycles. The third kappa shape index (κ3) is 3.80. The zero-order valence-corrected chi connectivity index (χ0v) is 14.4. The summed E-state index contributed by atoms with van der Waals surface area (Å²) in [7, 11) is 1.68. The van der Waals surface area contributed by atoms with Gasteiger partial charge in [0.2, 0.25) is 5.88 Å². The van der Waals surface area contributed by atoms with Crippen LogP contribution in [0.3, 0.4) is 0 Å². The molecule has 2 fully saturated rings. The van der Waals surface area contributed by atoms with Gasteiger partial charge in [0.05, 0.1) is 7.11 Å². The normalized spacial score (nSPS) is 23.7. The van der Waals surface area contributed by atoms with Crippen molar-refractivity contribution in [3.05, 3.63) is 23.9 Å². The molecule has 0 saturated carbocycles. The Labute approximate surface area is 143 Å². The predicted octanol–water partition coefficient (Wildman–Crippen LogP) is 2.80. The first-order valence-corrected chi connectivity index (χ1v) is 8.90. The van der Waals surface area contributed by atoms with E-state index in [2.05, 4.69) is 16.0 Å². The van der Waals surface area contributed by atoms with Crippen LogP contribution in [0.25, 0.3) is 0 Å². The molecule has 2 aliphatic heterocycles. The minimum Gasteiger partial charge on any atom is -0.481 e. The van der Waals surface area contributed by atoms with E-state index in [0.29, 0.717) is 25.0 Å². The number of carbonyl (C=O) groups is 1. The molecule has 0 spiro atoms. The van der Waals surface area contributed by atoms with Gasteiger partial charge in [-0.3, -0.25) is 0 Å². The fourth-order valence-electron chi connectivity index (χ4n) is 4.10. The van der Waals surface area contributed by atoms with E-state index in [0.717, 1.165) is 51.1 Å². The SMILES string of the molecule is COc1ncccc1C1CCN([C@H]2CCCN(C(=O)O)CC2)CC1. The van der Waals surface area contributed by atoms with E-state index < -0.39 is 6.09 Å². The number of aromatic nitrogens is 1. The van der Waals surface area contributed by atoms with Crippen molar-refractivity contribution in [1.82, 2.24) is 14.8 Å². The maximum Gasteiger partial charge on any atom is 0.407 e. The molecule has 1 N–H and O–H groups in total. The number of rotatable bonds is 3. The number of amides is 1. The van der Waals surface area contributed by atoms with Crippen molar-refractivity contribution in [3.8, 4) is 5.88 Å². The van der Waals surface area contributed by atoms with Gasteiger partial charge >= 0.3 is 6.09 Å². The maximum absolute atomic E-state index is 11.1. The van der Waals surface area contributed by atoms with Crippen LogP contribution in [-0.4, -0.2) is 65.3 Å². The summed E-state index contributed by atoms with van der Waals surface area (Å²) in [5.74, 6) is 1.26. The number of ether oxygens (including phenoxy) is 1. The van der Waals surface area contributed by atoms with Gasteiger partial charge in [-0.25, -0.2) is 9.78 Å². The molecule has 2 aliphatic rings. The lowest BCUT2D eigenvalue weighted by Gasteiger charge is -2.37. The zero-order chi connectivity index (χ0) is 16.9. The molecule has 0 unspecified atom stereocenters. The van der Waals surface area contributed by atoms with Gasteiger partial charge in [0, 0.05) is 30.9 Å². The predicted molar refractivity (Wildman–Crippen MR) is 91.6 cm³/mol. The van der Waals surface area contributed by atoms with Gasteiger partial charge in [0.15, 0.2) is 0 Å². The summed E-state index contributed by atoms with van der Waals surface area (Å²) < 4.78 is 5.41. The first kappa shape index (κ1) is 17.0. The number of methoxy groups -OCH3 is 1. The van der Waals surface area contributed by atoms with E-state index in [9.17, 15) is 4.79 Å². The van der Waals surface area contributed by atoms with Crippen molar-refractivity contribution in [1.29, 1.82) is 0 Å². The molecule has 0 aliphatic carbocycles. The van der Waals surface area contributed by atoms with Gasteiger partial charge in [0.1, 0.15) is 0 Å². The van der Waals surface area contributed by atoms with E-state index in [1.807, 2.05) is 6.07 Å². The molecule has 1 aromatic rings.